The molecule has 1 rings (SSSR count). The number of carboxylic acids is 1. The quantitative estimate of drug-likeness (QED) is 0.824. The van der Waals surface area contributed by atoms with Gasteiger partial charge in [-0.3, -0.25) is 4.79 Å². The second-order valence-electron chi connectivity index (χ2n) is 4.82. The number of carboxylic acid groups (broad SMARTS) is 1. The molecule has 0 spiro atoms. The predicted molar refractivity (Wildman–Crippen MR) is 70.5 cm³/mol. The van der Waals surface area contributed by atoms with Gasteiger partial charge in [0.25, 0.3) is 0 Å². The predicted octanol–water partition coefficient (Wildman–Crippen LogP) is 2.93. The van der Waals surface area contributed by atoms with Crippen molar-refractivity contribution in [2.24, 2.45) is 5.92 Å². The second kappa shape index (κ2) is 6.28. The normalized spacial score (nSPS) is 10.6. The molecular formula is C14H21NO2. The van der Waals surface area contributed by atoms with E-state index in [4.69, 9.17) is 5.11 Å². The van der Waals surface area contributed by atoms with E-state index >= 15 is 0 Å². The molecule has 0 aliphatic carbocycles. The van der Waals surface area contributed by atoms with Gasteiger partial charge in [-0.2, -0.15) is 0 Å². The van der Waals surface area contributed by atoms with Gasteiger partial charge in [0.2, 0.25) is 0 Å². The maximum atomic E-state index is 10.7. The molecule has 3 nitrogen and oxygen atoms in total. The van der Waals surface area contributed by atoms with Gasteiger partial charge in [-0.25, -0.2) is 0 Å². The number of nitrogens with zero attached hydrogens (tertiary/aromatic N) is 1. The molecule has 1 aromatic rings. The maximum Gasteiger partial charge on any atom is 0.305 e. The zero-order chi connectivity index (χ0) is 12.8. The van der Waals surface area contributed by atoms with Crippen LogP contribution in [-0.2, 0) is 4.79 Å². The summed E-state index contributed by atoms with van der Waals surface area (Å²) in [5.41, 5.74) is 2.31. The van der Waals surface area contributed by atoms with E-state index in [1.807, 2.05) is 25.1 Å². The summed E-state index contributed by atoms with van der Waals surface area (Å²) in [5, 5.41) is 8.77. The van der Waals surface area contributed by atoms with Crippen molar-refractivity contribution in [1.29, 1.82) is 0 Å². The molecule has 0 aliphatic heterocycles. The van der Waals surface area contributed by atoms with Crippen molar-refractivity contribution in [3.8, 4) is 0 Å². The zero-order valence-corrected chi connectivity index (χ0v) is 10.8. The molecule has 1 aromatic carbocycles. The molecule has 0 aliphatic rings. The number of anilines is 1. The van der Waals surface area contributed by atoms with E-state index in [1.54, 1.807) is 0 Å². The number of rotatable bonds is 6. The lowest BCUT2D eigenvalue weighted by Gasteiger charge is -2.26. The average molecular weight is 235 g/mol. The minimum absolute atomic E-state index is 0.181. The molecule has 0 unspecified atom stereocenters. The first-order chi connectivity index (χ1) is 7.99. The van der Waals surface area contributed by atoms with Crippen molar-refractivity contribution in [2.75, 3.05) is 18.0 Å². The first kappa shape index (κ1) is 13.6. The third kappa shape index (κ3) is 4.89. The minimum Gasteiger partial charge on any atom is -0.481 e. The fourth-order valence-electron chi connectivity index (χ4n) is 1.82. The molecule has 0 bridgehead atoms. The highest BCUT2D eigenvalue weighted by atomic mass is 16.4. The van der Waals surface area contributed by atoms with E-state index < -0.39 is 5.97 Å². The summed E-state index contributed by atoms with van der Waals surface area (Å²) in [6, 6.07) is 8.20. The molecule has 0 heterocycles. The lowest BCUT2D eigenvalue weighted by molar-refractivity contribution is -0.136. The van der Waals surface area contributed by atoms with Gasteiger partial charge in [-0.05, 0) is 30.5 Å². The van der Waals surface area contributed by atoms with Gasteiger partial charge in [0.1, 0.15) is 0 Å². The number of benzene rings is 1. The average Bonchev–Trinajstić information content (AvgIpc) is 2.23. The number of hydrogen-bond acceptors (Lipinski definition) is 2. The smallest absolute Gasteiger partial charge is 0.305 e. The van der Waals surface area contributed by atoms with E-state index in [0.29, 0.717) is 12.5 Å². The van der Waals surface area contributed by atoms with Gasteiger partial charge in [0, 0.05) is 18.8 Å². The Morgan fingerprint density at radius 2 is 2.12 bits per heavy atom. The van der Waals surface area contributed by atoms with Gasteiger partial charge in [0.05, 0.1) is 6.42 Å². The Balaban J connectivity index is 2.77. The summed E-state index contributed by atoms with van der Waals surface area (Å²) in [4.78, 5) is 12.8. The standard InChI is InChI=1S/C14H21NO2/c1-11(2)10-15(8-7-14(16)17)13-6-4-5-12(3)9-13/h4-6,9,11H,7-8,10H2,1-3H3,(H,16,17). The van der Waals surface area contributed by atoms with Crippen molar-refractivity contribution in [3.05, 3.63) is 29.8 Å². The van der Waals surface area contributed by atoms with Crippen LogP contribution in [0.3, 0.4) is 0 Å². The fourth-order valence-corrected chi connectivity index (χ4v) is 1.82. The molecule has 0 saturated heterocycles. The number of aryl methyl sites for hydroxylation is 1. The Kier molecular flexibility index (Phi) is 5.01. The van der Waals surface area contributed by atoms with Crippen molar-refractivity contribution < 1.29 is 9.90 Å². The molecule has 0 aromatic heterocycles. The van der Waals surface area contributed by atoms with Crippen molar-refractivity contribution >= 4 is 11.7 Å². The van der Waals surface area contributed by atoms with Crippen LogP contribution in [0.1, 0.15) is 25.8 Å². The highest BCUT2D eigenvalue weighted by Gasteiger charge is 2.10. The Morgan fingerprint density at radius 1 is 1.41 bits per heavy atom. The Labute approximate surface area is 103 Å². The van der Waals surface area contributed by atoms with Crippen LogP contribution in [0.25, 0.3) is 0 Å². The minimum atomic E-state index is -0.744. The highest BCUT2D eigenvalue weighted by molar-refractivity contribution is 5.67. The van der Waals surface area contributed by atoms with Crippen LogP contribution in [-0.4, -0.2) is 24.2 Å². The van der Waals surface area contributed by atoms with Gasteiger partial charge < -0.3 is 10.0 Å². The summed E-state index contributed by atoms with van der Waals surface area (Å²) >= 11 is 0. The molecule has 1 N–H and O–H groups in total. The van der Waals surface area contributed by atoms with Crippen LogP contribution in [0.2, 0.25) is 0 Å². The van der Waals surface area contributed by atoms with E-state index in [-0.39, 0.29) is 6.42 Å². The Morgan fingerprint density at radius 3 is 2.65 bits per heavy atom. The first-order valence-electron chi connectivity index (χ1n) is 6.02. The molecule has 0 radical (unpaired) electrons. The molecule has 0 saturated carbocycles. The lowest BCUT2D eigenvalue weighted by atomic mass is 10.1. The lowest BCUT2D eigenvalue weighted by Crippen LogP contribution is -2.30. The number of aliphatic carboxylic acids is 1. The van der Waals surface area contributed by atoms with E-state index in [2.05, 4.69) is 24.8 Å². The van der Waals surface area contributed by atoms with Crippen LogP contribution in [0.15, 0.2) is 24.3 Å². The molecule has 94 valence electrons. The van der Waals surface area contributed by atoms with E-state index in [0.717, 1.165) is 12.2 Å². The third-order valence-electron chi connectivity index (χ3n) is 2.55. The van der Waals surface area contributed by atoms with Crippen LogP contribution in [0.5, 0.6) is 0 Å². The monoisotopic (exact) mass is 235 g/mol. The largest absolute Gasteiger partial charge is 0.481 e. The summed E-state index contributed by atoms with van der Waals surface area (Å²) in [6.07, 6.45) is 0.181. The summed E-state index contributed by atoms with van der Waals surface area (Å²) in [5.74, 6) is -0.226. The zero-order valence-electron chi connectivity index (χ0n) is 10.8. The highest BCUT2D eigenvalue weighted by Crippen LogP contribution is 2.17. The fraction of sp³-hybridized carbons (Fsp3) is 0.500. The van der Waals surface area contributed by atoms with E-state index in [9.17, 15) is 4.79 Å². The Bertz CT molecular complexity index is 374. The molecule has 0 atom stereocenters. The Hall–Kier alpha value is -1.51. The summed E-state index contributed by atoms with van der Waals surface area (Å²) < 4.78 is 0. The summed E-state index contributed by atoms with van der Waals surface area (Å²) in [7, 11) is 0. The molecule has 17 heavy (non-hydrogen) atoms. The first-order valence-corrected chi connectivity index (χ1v) is 6.02. The van der Waals surface area contributed by atoms with Gasteiger partial charge in [-0.1, -0.05) is 26.0 Å². The van der Waals surface area contributed by atoms with Crippen molar-refractivity contribution in [2.45, 2.75) is 27.2 Å². The van der Waals surface area contributed by atoms with Crippen LogP contribution >= 0.6 is 0 Å². The molecule has 3 heteroatoms. The molecule has 0 amide bonds. The SMILES string of the molecule is Cc1cccc(N(CCC(=O)O)CC(C)C)c1. The van der Waals surface area contributed by atoms with E-state index in [1.165, 1.54) is 5.56 Å². The van der Waals surface area contributed by atoms with Crippen LogP contribution in [0.4, 0.5) is 5.69 Å². The van der Waals surface area contributed by atoms with Crippen molar-refractivity contribution in [1.82, 2.24) is 0 Å². The summed E-state index contributed by atoms with van der Waals surface area (Å²) in [6.45, 7) is 7.79. The molecular weight excluding hydrogens is 214 g/mol. The van der Waals surface area contributed by atoms with Gasteiger partial charge >= 0.3 is 5.97 Å². The number of hydrogen-bond donors (Lipinski definition) is 1. The second-order valence-corrected chi connectivity index (χ2v) is 4.82. The van der Waals surface area contributed by atoms with Gasteiger partial charge in [-0.15, -0.1) is 0 Å². The topological polar surface area (TPSA) is 40.5 Å². The van der Waals surface area contributed by atoms with Crippen molar-refractivity contribution in [3.63, 3.8) is 0 Å². The van der Waals surface area contributed by atoms with Crippen LogP contribution in [0, 0.1) is 12.8 Å². The van der Waals surface area contributed by atoms with Crippen LogP contribution < -0.4 is 4.90 Å². The molecule has 0 fully saturated rings. The maximum absolute atomic E-state index is 10.7. The van der Waals surface area contributed by atoms with Gasteiger partial charge in [0.15, 0.2) is 0 Å². The number of carbonyl (C=O) groups is 1. The third-order valence-corrected chi connectivity index (χ3v) is 2.55.